The van der Waals surface area contributed by atoms with Crippen molar-refractivity contribution in [2.45, 2.75) is 6.42 Å². The van der Waals surface area contributed by atoms with Crippen LogP contribution in [0.25, 0.3) is 0 Å². The molecule has 0 unspecified atom stereocenters. The summed E-state index contributed by atoms with van der Waals surface area (Å²) in [4.78, 5) is 3.71. The number of halogens is 2. The normalized spacial score (nSPS) is 10.2. The molecule has 0 aliphatic carbocycles. The number of hydrazine groups is 1. The average molecular weight is 294 g/mol. The summed E-state index contributed by atoms with van der Waals surface area (Å²) in [5.41, 5.74) is 2.07. The molecule has 21 heavy (non-hydrogen) atoms. The highest BCUT2D eigenvalue weighted by Gasteiger charge is 2.10. The van der Waals surface area contributed by atoms with Gasteiger partial charge in [-0.2, -0.15) is 0 Å². The van der Waals surface area contributed by atoms with Gasteiger partial charge in [0.2, 0.25) is 0 Å². The Morgan fingerprint density at radius 3 is 2.52 bits per heavy atom. The lowest BCUT2D eigenvalue weighted by Crippen LogP contribution is -2.14. The van der Waals surface area contributed by atoms with Gasteiger partial charge in [0.1, 0.15) is 5.75 Å². The van der Waals surface area contributed by atoms with E-state index in [9.17, 15) is 8.78 Å². The first-order chi connectivity index (χ1) is 10.2. The van der Waals surface area contributed by atoms with Crippen LogP contribution in [0.2, 0.25) is 0 Å². The summed E-state index contributed by atoms with van der Waals surface area (Å²) in [7, 11) is 0. The van der Waals surface area contributed by atoms with E-state index >= 15 is 0 Å². The Morgan fingerprint density at radius 1 is 1.10 bits per heavy atom. The van der Waals surface area contributed by atoms with Gasteiger partial charge < -0.3 is 15.5 Å². The number of hydrogen-bond donors (Lipinski definition) is 3. The molecule has 2 aromatic rings. The van der Waals surface area contributed by atoms with Crippen LogP contribution in [0, 0.1) is 11.6 Å². The second-order valence-corrected chi connectivity index (χ2v) is 4.24. The van der Waals surface area contributed by atoms with E-state index in [1.54, 1.807) is 0 Å². The highest BCUT2D eigenvalue weighted by Crippen LogP contribution is 2.18. The lowest BCUT2D eigenvalue weighted by atomic mass is 10.3. The minimum atomic E-state index is -0.840. The van der Waals surface area contributed by atoms with Gasteiger partial charge in [0, 0.05) is 12.6 Å². The number of ether oxygens (including phenoxy) is 1. The van der Waals surface area contributed by atoms with Crippen molar-refractivity contribution in [1.82, 2.24) is 4.98 Å². The quantitative estimate of drug-likeness (QED) is 0.416. The summed E-state index contributed by atoms with van der Waals surface area (Å²) < 4.78 is 32.1. The maximum absolute atomic E-state index is 13.5. The number of nitrogens with two attached hydrogens (primary N) is 1. The topological polar surface area (TPSA) is 72.2 Å². The smallest absolute Gasteiger partial charge is 0.178 e. The lowest BCUT2D eigenvalue weighted by molar-refractivity contribution is 0.315. The average Bonchev–Trinajstić information content (AvgIpc) is 2.50. The van der Waals surface area contributed by atoms with Gasteiger partial charge in [-0.1, -0.05) is 18.2 Å². The van der Waals surface area contributed by atoms with Crippen molar-refractivity contribution in [2.75, 3.05) is 23.9 Å². The zero-order valence-corrected chi connectivity index (χ0v) is 11.3. The SMILES string of the molecule is NNc1nc(NCCCOc2ccccc2)c(F)cc1F. The molecule has 1 heterocycles. The molecule has 1 aromatic carbocycles. The van der Waals surface area contributed by atoms with Gasteiger partial charge >= 0.3 is 0 Å². The summed E-state index contributed by atoms with van der Waals surface area (Å²) in [6.07, 6.45) is 0.638. The Morgan fingerprint density at radius 2 is 1.81 bits per heavy atom. The fourth-order valence-corrected chi connectivity index (χ4v) is 1.68. The highest BCUT2D eigenvalue weighted by atomic mass is 19.1. The third-order valence-electron chi connectivity index (χ3n) is 2.69. The van der Waals surface area contributed by atoms with Crippen molar-refractivity contribution in [1.29, 1.82) is 0 Å². The Bertz CT molecular complexity index is 581. The first-order valence-electron chi connectivity index (χ1n) is 6.45. The molecule has 0 fully saturated rings. The monoisotopic (exact) mass is 294 g/mol. The third-order valence-corrected chi connectivity index (χ3v) is 2.69. The van der Waals surface area contributed by atoms with Gasteiger partial charge in [0.15, 0.2) is 23.3 Å². The first kappa shape index (κ1) is 15.0. The molecule has 4 N–H and O–H groups in total. The van der Waals surface area contributed by atoms with E-state index in [1.165, 1.54) is 0 Å². The Labute approximate surface area is 121 Å². The minimum absolute atomic E-state index is 0.0518. The van der Waals surface area contributed by atoms with Gasteiger partial charge in [0.05, 0.1) is 6.61 Å². The number of anilines is 2. The molecule has 5 nitrogen and oxygen atoms in total. The number of nitrogens with one attached hydrogen (secondary N) is 2. The molecule has 0 aliphatic rings. The molecule has 7 heteroatoms. The maximum Gasteiger partial charge on any atom is 0.178 e. The number of aromatic nitrogens is 1. The number of rotatable bonds is 7. The molecule has 0 amide bonds. The summed E-state index contributed by atoms with van der Waals surface area (Å²) in [5.74, 6) is 4.00. The van der Waals surface area contributed by atoms with Crippen LogP contribution in [0.5, 0.6) is 5.75 Å². The largest absolute Gasteiger partial charge is 0.494 e. The van der Waals surface area contributed by atoms with Crippen molar-refractivity contribution >= 4 is 11.6 Å². The van der Waals surface area contributed by atoms with Crippen molar-refractivity contribution in [3.8, 4) is 5.75 Å². The van der Waals surface area contributed by atoms with Crippen LogP contribution < -0.4 is 21.3 Å². The molecule has 0 saturated heterocycles. The van der Waals surface area contributed by atoms with Crippen LogP contribution in [0.1, 0.15) is 6.42 Å². The fraction of sp³-hybridized carbons (Fsp3) is 0.214. The Hall–Kier alpha value is -2.41. The van der Waals surface area contributed by atoms with E-state index in [2.05, 4.69) is 15.7 Å². The van der Waals surface area contributed by atoms with Crippen LogP contribution in [0.4, 0.5) is 20.4 Å². The molecule has 0 saturated carbocycles. The fourth-order valence-electron chi connectivity index (χ4n) is 1.68. The van der Waals surface area contributed by atoms with Crippen LogP contribution in [0.15, 0.2) is 36.4 Å². The van der Waals surface area contributed by atoms with Crippen molar-refractivity contribution in [3.63, 3.8) is 0 Å². The van der Waals surface area contributed by atoms with Crippen molar-refractivity contribution in [2.24, 2.45) is 5.84 Å². The number of nitrogens with zero attached hydrogens (tertiary/aromatic N) is 1. The van der Waals surface area contributed by atoms with Crippen molar-refractivity contribution < 1.29 is 13.5 Å². The third kappa shape index (κ3) is 4.28. The predicted octanol–water partition coefficient (Wildman–Crippen LogP) is 2.53. The molecular formula is C14H16F2N4O. The molecule has 0 spiro atoms. The molecule has 0 bridgehead atoms. The minimum Gasteiger partial charge on any atom is -0.494 e. The number of benzene rings is 1. The number of hydrogen-bond acceptors (Lipinski definition) is 5. The lowest BCUT2D eigenvalue weighted by Gasteiger charge is -2.10. The van der Waals surface area contributed by atoms with E-state index in [-0.39, 0.29) is 11.6 Å². The molecular weight excluding hydrogens is 278 g/mol. The zero-order valence-electron chi connectivity index (χ0n) is 11.3. The van der Waals surface area contributed by atoms with Crippen LogP contribution >= 0.6 is 0 Å². The molecule has 0 aliphatic heterocycles. The molecule has 0 atom stereocenters. The molecule has 1 aromatic heterocycles. The predicted molar refractivity (Wildman–Crippen MR) is 77.0 cm³/mol. The zero-order chi connectivity index (χ0) is 15.1. The first-order valence-corrected chi connectivity index (χ1v) is 6.45. The molecule has 0 radical (unpaired) electrons. The second kappa shape index (κ2) is 7.39. The standard InChI is InChI=1S/C14H16F2N4O/c15-11-9-12(16)14(20-17)19-13(11)18-7-4-8-21-10-5-2-1-3-6-10/h1-3,5-6,9H,4,7-8,17H2,(H2,18,19,20). The summed E-state index contributed by atoms with van der Waals surface area (Å²) >= 11 is 0. The molecule has 2 rings (SSSR count). The van der Waals surface area contributed by atoms with Gasteiger partial charge in [0.25, 0.3) is 0 Å². The van der Waals surface area contributed by atoms with E-state index in [0.29, 0.717) is 19.6 Å². The Kier molecular flexibility index (Phi) is 5.28. The summed E-state index contributed by atoms with van der Waals surface area (Å²) in [5, 5.41) is 2.77. The van der Waals surface area contributed by atoms with E-state index < -0.39 is 11.6 Å². The van der Waals surface area contributed by atoms with Gasteiger partial charge in [-0.3, -0.25) is 0 Å². The maximum atomic E-state index is 13.5. The number of nitrogen functional groups attached to an aromatic ring is 1. The summed E-state index contributed by atoms with van der Waals surface area (Å²) in [6, 6.07) is 10.1. The summed E-state index contributed by atoms with van der Waals surface area (Å²) in [6.45, 7) is 0.911. The highest BCUT2D eigenvalue weighted by molar-refractivity contribution is 5.46. The van der Waals surface area contributed by atoms with Crippen LogP contribution in [0.3, 0.4) is 0 Å². The molecule has 112 valence electrons. The van der Waals surface area contributed by atoms with Crippen molar-refractivity contribution in [3.05, 3.63) is 48.0 Å². The van der Waals surface area contributed by atoms with Gasteiger partial charge in [-0.25, -0.2) is 19.6 Å². The van der Waals surface area contributed by atoms with E-state index in [1.807, 2.05) is 30.3 Å². The number of para-hydroxylation sites is 1. The Balaban J connectivity index is 1.78. The van der Waals surface area contributed by atoms with Gasteiger partial charge in [-0.05, 0) is 18.6 Å². The van der Waals surface area contributed by atoms with E-state index in [0.717, 1.165) is 11.8 Å². The number of pyridine rings is 1. The van der Waals surface area contributed by atoms with Gasteiger partial charge in [-0.15, -0.1) is 0 Å². The second-order valence-electron chi connectivity index (χ2n) is 4.24. The van der Waals surface area contributed by atoms with Crippen LogP contribution in [-0.2, 0) is 0 Å². The van der Waals surface area contributed by atoms with Crippen LogP contribution in [-0.4, -0.2) is 18.1 Å². The van der Waals surface area contributed by atoms with E-state index in [4.69, 9.17) is 10.6 Å².